The predicted molar refractivity (Wildman–Crippen MR) is 78.1 cm³/mol. The topological polar surface area (TPSA) is 55.4 Å². The van der Waals surface area contributed by atoms with Crippen molar-refractivity contribution in [3.8, 4) is 0 Å². The summed E-state index contributed by atoms with van der Waals surface area (Å²) in [6.07, 6.45) is 0.815. The number of hydrogen-bond acceptors (Lipinski definition) is 4. The Hall–Kier alpha value is -2.14. The molecule has 1 N–H and O–H groups in total. The Morgan fingerprint density at radius 2 is 1.85 bits per heavy atom. The smallest absolute Gasteiger partial charge is 0.337 e. The lowest BCUT2D eigenvalue weighted by Gasteiger charge is -2.05. The summed E-state index contributed by atoms with van der Waals surface area (Å²) in [5.41, 5.74) is 2.18. The molecule has 2 aromatic rings. The van der Waals surface area contributed by atoms with E-state index in [0.29, 0.717) is 17.7 Å². The van der Waals surface area contributed by atoms with Gasteiger partial charge in [0, 0.05) is 12.1 Å². The number of carbonyl (C=O) groups excluding carboxylic acids is 2. The van der Waals surface area contributed by atoms with E-state index < -0.39 is 5.97 Å². The van der Waals surface area contributed by atoms with Crippen LogP contribution in [0.4, 0.5) is 0 Å². The fourth-order valence-electron chi connectivity index (χ4n) is 1.73. The summed E-state index contributed by atoms with van der Waals surface area (Å²) in [6, 6.07) is 8.44. The van der Waals surface area contributed by atoms with Crippen LogP contribution in [0, 0.1) is 0 Å². The van der Waals surface area contributed by atoms with Gasteiger partial charge in [0.25, 0.3) is 5.91 Å². The quantitative estimate of drug-likeness (QED) is 0.860. The molecule has 5 heteroatoms. The molecule has 2 rings (SSSR count). The maximum absolute atomic E-state index is 11.9. The summed E-state index contributed by atoms with van der Waals surface area (Å²) in [4.78, 5) is 23.2. The molecule has 0 radical (unpaired) electrons. The normalized spacial score (nSPS) is 10.1. The van der Waals surface area contributed by atoms with Gasteiger partial charge in [-0.1, -0.05) is 0 Å². The second kappa shape index (κ2) is 6.86. The van der Waals surface area contributed by atoms with E-state index in [1.54, 1.807) is 35.6 Å². The van der Waals surface area contributed by atoms with Crippen LogP contribution in [0.25, 0.3) is 0 Å². The maximum atomic E-state index is 11.9. The van der Waals surface area contributed by atoms with Gasteiger partial charge in [-0.2, -0.15) is 11.3 Å². The van der Waals surface area contributed by atoms with Gasteiger partial charge >= 0.3 is 5.97 Å². The van der Waals surface area contributed by atoms with Crippen molar-refractivity contribution in [3.05, 3.63) is 57.8 Å². The zero-order chi connectivity index (χ0) is 14.4. The zero-order valence-electron chi connectivity index (χ0n) is 11.1. The van der Waals surface area contributed by atoms with E-state index in [9.17, 15) is 9.59 Å². The van der Waals surface area contributed by atoms with E-state index in [4.69, 9.17) is 0 Å². The summed E-state index contributed by atoms with van der Waals surface area (Å²) >= 11 is 1.64. The number of amides is 1. The van der Waals surface area contributed by atoms with Crippen molar-refractivity contribution in [2.45, 2.75) is 6.42 Å². The molecular weight excluding hydrogens is 274 g/mol. The van der Waals surface area contributed by atoms with Crippen LogP contribution in [0.3, 0.4) is 0 Å². The molecule has 1 heterocycles. The molecule has 0 saturated carbocycles. The fourth-order valence-corrected chi connectivity index (χ4v) is 2.44. The number of esters is 1. The zero-order valence-corrected chi connectivity index (χ0v) is 11.9. The molecule has 0 spiro atoms. The molecule has 4 nitrogen and oxygen atoms in total. The van der Waals surface area contributed by atoms with Crippen molar-refractivity contribution in [1.29, 1.82) is 0 Å². The highest BCUT2D eigenvalue weighted by atomic mass is 32.1. The van der Waals surface area contributed by atoms with Crippen LogP contribution >= 0.6 is 11.3 Å². The average Bonchev–Trinajstić information content (AvgIpc) is 2.99. The number of thiophene rings is 1. The Morgan fingerprint density at radius 3 is 2.45 bits per heavy atom. The maximum Gasteiger partial charge on any atom is 0.337 e. The van der Waals surface area contributed by atoms with Crippen molar-refractivity contribution in [2.75, 3.05) is 13.7 Å². The minimum Gasteiger partial charge on any atom is -0.465 e. The van der Waals surface area contributed by atoms with Crippen molar-refractivity contribution in [3.63, 3.8) is 0 Å². The Kier molecular flexibility index (Phi) is 4.90. The molecule has 0 atom stereocenters. The van der Waals surface area contributed by atoms with Crippen LogP contribution in [-0.2, 0) is 11.2 Å². The lowest BCUT2D eigenvalue weighted by molar-refractivity contribution is 0.0600. The van der Waals surface area contributed by atoms with Gasteiger partial charge in [-0.25, -0.2) is 4.79 Å². The Balaban J connectivity index is 1.87. The third-order valence-corrected chi connectivity index (χ3v) is 3.58. The number of hydrogen-bond donors (Lipinski definition) is 1. The van der Waals surface area contributed by atoms with E-state index in [-0.39, 0.29) is 5.91 Å². The van der Waals surface area contributed by atoms with Crippen LogP contribution < -0.4 is 5.32 Å². The first-order valence-electron chi connectivity index (χ1n) is 6.18. The standard InChI is InChI=1S/C15H15NO3S/c1-19-15(18)13-4-2-12(3-5-13)14(17)16-8-6-11-7-9-20-10-11/h2-5,7,9-10H,6,8H2,1H3,(H,16,17). The largest absolute Gasteiger partial charge is 0.465 e. The molecule has 0 fully saturated rings. The van der Waals surface area contributed by atoms with Gasteiger partial charge < -0.3 is 10.1 Å². The van der Waals surface area contributed by atoms with Crippen molar-refractivity contribution in [1.82, 2.24) is 5.32 Å². The van der Waals surface area contributed by atoms with Gasteiger partial charge in [0.15, 0.2) is 0 Å². The van der Waals surface area contributed by atoms with Gasteiger partial charge in [-0.15, -0.1) is 0 Å². The Labute approximate surface area is 121 Å². The van der Waals surface area contributed by atoms with Crippen molar-refractivity contribution in [2.24, 2.45) is 0 Å². The lowest BCUT2D eigenvalue weighted by atomic mass is 10.1. The van der Waals surface area contributed by atoms with Crippen LogP contribution in [-0.4, -0.2) is 25.5 Å². The van der Waals surface area contributed by atoms with Crippen LogP contribution in [0.15, 0.2) is 41.1 Å². The number of methoxy groups -OCH3 is 1. The van der Waals surface area contributed by atoms with Crippen LogP contribution in [0.5, 0.6) is 0 Å². The third kappa shape index (κ3) is 3.68. The first-order valence-corrected chi connectivity index (χ1v) is 7.12. The van der Waals surface area contributed by atoms with Gasteiger partial charge in [-0.05, 0) is 53.1 Å². The second-order valence-corrected chi connectivity index (χ2v) is 4.99. The molecule has 104 valence electrons. The van der Waals surface area contributed by atoms with Crippen LogP contribution in [0.2, 0.25) is 0 Å². The second-order valence-electron chi connectivity index (χ2n) is 4.21. The molecule has 20 heavy (non-hydrogen) atoms. The summed E-state index contributed by atoms with van der Waals surface area (Å²) in [6.45, 7) is 0.592. The minimum absolute atomic E-state index is 0.142. The molecule has 1 aromatic heterocycles. The first kappa shape index (κ1) is 14.3. The number of ether oxygens (including phenoxy) is 1. The van der Waals surface area contributed by atoms with Gasteiger partial charge in [-0.3, -0.25) is 4.79 Å². The molecule has 1 aromatic carbocycles. The molecule has 0 unspecified atom stereocenters. The molecule has 0 aliphatic carbocycles. The van der Waals surface area contributed by atoms with Gasteiger partial charge in [0.2, 0.25) is 0 Å². The number of benzene rings is 1. The van der Waals surface area contributed by atoms with Crippen molar-refractivity contribution < 1.29 is 14.3 Å². The highest BCUT2D eigenvalue weighted by molar-refractivity contribution is 7.07. The fraction of sp³-hybridized carbons (Fsp3) is 0.200. The molecular formula is C15H15NO3S. The summed E-state index contributed by atoms with van der Waals surface area (Å²) in [5, 5.41) is 6.93. The van der Waals surface area contributed by atoms with Gasteiger partial charge in [0.05, 0.1) is 12.7 Å². The Morgan fingerprint density at radius 1 is 1.15 bits per heavy atom. The summed E-state index contributed by atoms with van der Waals surface area (Å²) in [5.74, 6) is -0.550. The van der Waals surface area contributed by atoms with E-state index in [1.165, 1.54) is 12.7 Å². The summed E-state index contributed by atoms with van der Waals surface area (Å²) in [7, 11) is 1.33. The van der Waals surface area contributed by atoms with E-state index in [0.717, 1.165) is 6.42 Å². The molecule has 1 amide bonds. The number of nitrogens with one attached hydrogen (secondary N) is 1. The molecule has 0 saturated heterocycles. The van der Waals surface area contributed by atoms with Gasteiger partial charge in [0.1, 0.15) is 0 Å². The van der Waals surface area contributed by atoms with Crippen molar-refractivity contribution >= 4 is 23.2 Å². The SMILES string of the molecule is COC(=O)c1ccc(C(=O)NCCc2ccsc2)cc1. The minimum atomic E-state index is -0.408. The highest BCUT2D eigenvalue weighted by Crippen LogP contribution is 2.07. The lowest BCUT2D eigenvalue weighted by Crippen LogP contribution is -2.25. The van der Waals surface area contributed by atoms with E-state index in [2.05, 4.69) is 15.4 Å². The highest BCUT2D eigenvalue weighted by Gasteiger charge is 2.08. The summed E-state index contributed by atoms with van der Waals surface area (Å²) < 4.78 is 4.60. The third-order valence-electron chi connectivity index (χ3n) is 2.85. The monoisotopic (exact) mass is 289 g/mol. The Bertz CT molecular complexity index is 576. The first-order chi connectivity index (χ1) is 9.70. The number of carbonyl (C=O) groups is 2. The van der Waals surface area contributed by atoms with Crippen LogP contribution in [0.1, 0.15) is 26.3 Å². The average molecular weight is 289 g/mol. The number of rotatable bonds is 5. The molecule has 0 aliphatic heterocycles. The molecule has 0 bridgehead atoms. The van der Waals surface area contributed by atoms with E-state index >= 15 is 0 Å². The molecule has 0 aliphatic rings. The van der Waals surface area contributed by atoms with E-state index in [1.807, 2.05) is 11.4 Å². The predicted octanol–water partition coefficient (Wildman–Crippen LogP) is 2.51.